The van der Waals surface area contributed by atoms with Crippen molar-refractivity contribution in [1.82, 2.24) is 0 Å². The zero-order valence-electron chi connectivity index (χ0n) is 16.8. The normalized spacial score (nSPS) is 20.6. The summed E-state index contributed by atoms with van der Waals surface area (Å²) in [5.74, 6) is -1.71. The van der Waals surface area contributed by atoms with Crippen LogP contribution in [0.2, 0.25) is 0 Å². The van der Waals surface area contributed by atoms with E-state index in [1.165, 1.54) is 11.8 Å². The van der Waals surface area contributed by atoms with Gasteiger partial charge in [0.15, 0.2) is 5.78 Å². The van der Waals surface area contributed by atoms with E-state index in [0.29, 0.717) is 29.8 Å². The molecule has 4 rings (SSSR count). The molecule has 0 bridgehead atoms. The number of allylic oxidation sites excluding steroid dienone is 2. The van der Waals surface area contributed by atoms with Crippen LogP contribution in [0.15, 0.2) is 60.2 Å². The van der Waals surface area contributed by atoms with Crippen molar-refractivity contribution in [3.63, 3.8) is 0 Å². The van der Waals surface area contributed by atoms with E-state index >= 15 is 0 Å². The molecule has 2 aliphatic rings. The van der Waals surface area contributed by atoms with Gasteiger partial charge in [-0.15, -0.1) is 0 Å². The third-order valence-electron chi connectivity index (χ3n) is 5.76. The molecule has 1 aliphatic carbocycles. The van der Waals surface area contributed by atoms with E-state index in [9.17, 15) is 19.2 Å². The molecule has 1 saturated heterocycles. The van der Waals surface area contributed by atoms with Gasteiger partial charge < -0.3 is 5.32 Å². The number of imide groups is 1. The number of para-hydroxylation sites is 1. The Balaban J connectivity index is 1.61. The molecule has 6 heteroatoms. The molecule has 0 unspecified atom stereocenters. The highest BCUT2D eigenvalue weighted by Crippen LogP contribution is 2.40. The summed E-state index contributed by atoms with van der Waals surface area (Å²) < 4.78 is 0. The molecule has 0 radical (unpaired) electrons. The van der Waals surface area contributed by atoms with E-state index < -0.39 is 5.91 Å². The maximum Gasteiger partial charge on any atom is 0.257 e. The van der Waals surface area contributed by atoms with Crippen LogP contribution < -0.4 is 10.2 Å². The molecule has 30 heavy (non-hydrogen) atoms. The van der Waals surface area contributed by atoms with E-state index in [0.717, 1.165) is 5.57 Å². The number of fused-ring (bicyclic) bond motifs is 1. The van der Waals surface area contributed by atoms with Gasteiger partial charge in [0.2, 0.25) is 11.8 Å². The molecule has 1 aliphatic heterocycles. The minimum absolute atomic E-state index is 0.0597. The molecule has 0 saturated carbocycles. The number of hydrogen-bond donors (Lipinski definition) is 1. The molecule has 0 aromatic heterocycles. The fourth-order valence-corrected chi connectivity index (χ4v) is 4.12. The van der Waals surface area contributed by atoms with Crippen LogP contribution in [0.25, 0.3) is 0 Å². The summed E-state index contributed by atoms with van der Waals surface area (Å²) in [6.45, 7) is 3.44. The second kappa shape index (κ2) is 7.71. The number of carbonyl (C=O) groups excluding carboxylic acids is 4. The summed E-state index contributed by atoms with van der Waals surface area (Å²) in [5.41, 5.74) is 2.73. The van der Waals surface area contributed by atoms with Crippen molar-refractivity contribution < 1.29 is 19.2 Å². The van der Waals surface area contributed by atoms with Gasteiger partial charge in [0.25, 0.3) is 5.91 Å². The number of nitrogens with zero attached hydrogens (tertiary/aromatic N) is 1. The average Bonchev–Trinajstić information content (AvgIpc) is 2.98. The molecular weight excluding hydrogens is 380 g/mol. The SMILES string of the molecule is CC(=O)c1ccc(NC(=O)c2ccccc2N2C(=O)[C@H]3CC=C(C)C[C@@H]3C2=O)cc1. The quantitative estimate of drug-likeness (QED) is 0.476. The number of ketones is 1. The summed E-state index contributed by atoms with van der Waals surface area (Å²) in [5, 5.41) is 2.78. The highest BCUT2D eigenvalue weighted by molar-refractivity contribution is 6.25. The lowest BCUT2D eigenvalue weighted by atomic mass is 9.82. The largest absolute Gasteiger partial charge is 0.322 e. The summed E-state index contributed by atoms with van der Waals surface area (Å²) in [7, 11) is 0. The second-order valence-corrected chi connectivity index (χ2v) is 7.82. The first kappa shape index (κ1) is 19.8. The number of rotatable bonds is 4. The Kier molecular flexibility index (Phi) is 5.08. The Labute approximate surface area is 174 Å². The van der Waals surface area contributed by atoms with Gasteiger partial charge in [-0.2, -0.15) is 0 Å². The lowest BCUT2D eigenvalue weighted by Crippen LogP contribution is -2.33. The lowest BCUT2D eigenvalue weighted by Gasteiger charge is -2.19. The molecule has 1 fully saturated rings. The van der Waals surface area contributed by atoms with Crippen LogP contribution in [-0.2, 0) is 9.59 Å². The predicted molar refractivity (Wildman–Crippen MR) is 113 cm³/mol. The zero-order valence-corrected chi connectivity index (χ0v) is 16.8. The highest BCUT2D eigenvalue weighted by atomic mass is 16.2. The molecule has 6 nitrogen and oxygen atoms in total. The third-order valence-corrected chi connectivity index (χ3v) is 5.76. The molecule has 3 amide bonds. The van der Waals surface area contributed by atoms with Crippen molar-refractivity contribution >= 4 is 34.9 Å². The fourth-order valence-electron chi connectivity index (χ4n) is 4.12. The van der Waals surface area contributed by atoms with Crippen LogP contribution in [0.3, 0.4) is 0 Å². The molecule has 2 atom stereocenters. The number of amides is 3. The number of hydrogen-bond acceptors (Lipinski definition) is 4. The minimum atomic E-state index is -0.425. The van der Waals surface area contributed by atoms with Crippen molar-refractivity contribution in [1.29, 1.82) is 0 Å². The van der Waals surface area contributed by atoms with Crippen molar-refractivity contribution in [2.45, 2.75) is 26.7 Å². The lowest BCUT2D eigenvalue weighted by molar-refractivity contribution is -0.122. The number of anilines is 2. The van der Waals surface area contributed by atoms with Crippen LogP contribution in [-0.4, -0.2) is 23.5 Å². The summed E-state index contributed by atoms with van der Waals surface area (Å²) >= 11 is 0. The van der Waals surface area contributed by atoms with Crippen LogP contribution >= 0.6 is 0 Å². The maximum atomic E-state index is 13.0. The topological polar surface area (TPSA) is 83.6 Å². The second-order valence-electron chi connectivity index (χ2n) is 7.82. The van der Waals surface area contributed by atoms with Gasteiger partial charge in [-0.05, 0) is 63.1 Å². The highest BCUT2D eigenvalue weighted by Gasteiger charge is 2.49. The van der Waals surface area contributed by atoms with Crippen LogP contribution in [0.4, 0.5) is 11.4 Å². The summed E-state index contributed by atoms with van der Waals surface area (Å²) in [6, 6.07) is 13.2. The van der Waals surface area contributed by atoms with Crippen LogP contribution in [0.5, 0.6) is 0 Å². The number of benzene rings is 2. The van der Waals surface area contributed by atoms with Crippen molar-refractivity contribution in [2.24, 2.45) is 11.8 Å². The number of nitrogens with one attached hydrogen (secondary N) is 1. The van der Waals surface area contributed by atoms with Crippen molar-refractivity contribution in [2.75, 3.05) is 10.2 Å². The van der Waals surface area contributed by atoms with Gasteiger partial charge in [-0.1, -0.05) is 23.8 Å². The first-order valence-corrected chi connectivity index (χ1v) is 9.91. The van der Waals surface area contributed by atoms with Gasteiger partial charge in [0.05, 0.1) is 23.1 Å². The Bertz CT molecular complexity index is 1080. The monoisotopic (exact) mass is 402 g/mol. The van der Waals surface area contributed by atoms with Crippen molar-refractivity contribution in [3.8, 4) is 0 Å². The smallest absolute Gasteiger partial charge is 0.257 e. The molecule has 152 valence electrons. The predicted octanol–water partition coefficient (Wildman–Crippen LogP) is 3.99. The third kappa shape index (κ3) is 3.45. The molecule has 2 aromatic carbocycles. The van der Waals surface area contributed by atoms with E-state index in [1.807, 2.05) is 13.0 Å². The molecule has 0 spiro atoms. The van der Waals surface area contributed by atoms with Gasteiger partial charge >= 0.3 is 0 Å². The van der Waals surface area contributed by atoms with Gasteiger partial charge in [0, 0.05) is 11.3 Å². The average molecular weight is 402 g/mol. The number of carbonyl (C=O) groups is 4. The van der Waals surface area contributed by atoms with Crippen molar-refractivity contribution in [3.05, 3.63) is 71.3 Å². The molecule has 1 N–H and O–H groups in total. The van der Waals surface area contributed by atoms with E-state index in [-0.39, 0.29) is 35.0 Å². The summed E-state index contributed by atoms with van der Waals surface area (Å²) in [4.78, 5) is 51.6. The minimum Gasteiger partial charge on any atom is -0.322 e. The van der Waals surface area contributed by atoms with E-state index in [1.54, 1.807) is 48.5 Å². The van der Waals surface area contributed by atoms with E-state index in [2.05, 4.69) is 5.32 Å². The molecule has 2 aromatic rings. The molecular formula is C24H22N2O4. The first-order chi connectivity index (χ1) is 14.4. The maximum absolute atomic E-state index is 13.0. The number of Topliss-reactive ketones (excluding diaryl/α,β-unsaturated/α-hetero) is 1. The van der Waals surface area contributed by atoms with Gasteiger partial charge in [0.1, 0.15) is 0 Å². The Hall–Kier alpha value is -3.54. The Morgan fingerprint density at radius 2 is 1.63 bits per heavy atom. The van der Waals surface area contributed by atoms with E-state index in [4.69, 9.17) is 0 Å². The summed E-state index contributed by atoms with van der Waals surface area (Å²) in [6.07, 6.45) is 3.14. The van der Waals surface area contributed by atoms with Crippen LogP contribution in [0, 0.1) is 11.8 Å². The molecule has 1 heterocycles. The van der Waals surface area contributed by atoms with Gasteiger partial charge in [-0.25, -0.2) is 4.90 Å². The fraction of sp³-hybridized carbons (Fsp3) is 0.250. The Morgan fingerprint density at radius 3 is 2.33 bits per heavy atom. The first-order valence-electron chi connectivity index (χ1n) is 9.91. The standard InChI is InChI=1S/C24H22N2O4/c1-14-7-12-18-20(13-14)24(30)26(23(18)29)21-6-4-3-5-19(21)22(28)25-17-10-8-16(9-11-17)15(2)27/h3-11,18,20H,12-13H2,1-2H3,(H,25,28)/t18-,20-/m0/s1. The zero-order chi connectivity index (χ0) is 21.4. The van der Waals surface area contributed by atoms with Crippen LogP contribution in [0.1, 0.15) is 47.4 Å². The van der Waals surface area contributed by atoms with Gasteiger partial charge in [-0.3, -0.25) is 19.2 Å². The Morgan fingerprint density at radius 1 is 0.967 bits per heavy atom.